The van der Waals surface area contributed by atoms with Gasteiger partial charge in [-0.1, -0.05) is 6.42 Å². The van der Waals surface area contributed by atoms with Crippen molar-refractivity contribution in [2.45, 2.75) is 43.4 Å². The highest BCUT2D eigenvalue weighted by atomic mass is 32.2. The average Bonchev–Trinajstić information content (AvgIpc) is 3.47. The van der Waals surface area contributed by atoms with Crippen molar-refractivity contribution in [3.8, 4) is 5.69 Å². The highest BCUT2D eigenvalue weighted by Gasteiger charge is 2.35. The molecule has 0 amide bonds. The second-order valence-corrected chi connectivity index (χ2v) is 12.9. The van der Waals surface area contributed by atoms with E-state index in [0.29, 0.717) is 6.54 Å². The van der Waals surface area contributed by atoms with E-state index in [9.17, 15) is 8.60 Å². The lowest BCUT2D eigenvalue weighted by molar-refractivity contribution is 0.0826. The second kappa shape index (κ2) is 9.78. The van der Waals surface area contributed by atoms with Gasteiger partial charge in [0.05, 0.1) is 28.6 Å². The van der Waals surface area contributed by atoms with E-state index in [1.807, 2.05) is 17.8 Å². The van der Waals surface area contributed by atoms with Crippen LogP contribution in [-0.4, -0.2) is 54.4 Å². The topological polar surface area (TPSA) is 54.3 Å². The van der Waals surface area contributed by atoms with Gasteiger partial charge < -0.3 is 0 Å². The Balaban J connectivity index is 1.34. The fourth-order valence-corrected chi connectivity index (χ4v) is 7.75. The molecule has 2 aromatic carbocycles. The third-order valence-corrected chi connectivity index (χ3v) is 10.2. The van der Waals surface area contributed by atoms with Crippen molar-refractivity contribution in [2.75, 3.05) is 26.2 Å². The van der Waals surface area contributed by atoms with Crippen LogP contribution in [0.25, 0.3) is 16.6 Å². The van der Waals surface area contributed by atoms with Gasteiger partial charge in [0.1, 0.15) is 21.0 Å². The van der Waals surface area contributed by atoms with E-state index in [1.165, 1.54) is 53.9 Å². The maximum atomic E-state index is 13.5. The number of fused-ring (bicyclic) bond motifs is 1. The van der Waals surface area contributed by atoms with E-state index in [0.717, 1.165) is 51.4 Å². The van der Waals surface area contributed by atoms with Crippen molar-refractivity contribution in [3.63, 3.8) is 0 Å². The van der Waals surface area contributed by atoms with Crippen LogP contribution in [0.2, 0.25) is 0 Å². The summed E-state index contributed by atoms with van der Waals surface area (Å²) in [5.74, 6) is 0.506. The van der Waals surface area contributed by atoms with Crippen LogP contribution in [0, 0.1) is 25.6 Å². The first-order valence-corrected chi connectivity index (χ1v) is 14.5. The summed E-state index contributed by atoms with van der Waals surface area (Å²) in [4.78, 5) is 6.93. The molecule has 9 heteroatoms. The summed E-state index contributed by atoms with van der Waals surface area (Å²) < 4.78 is 31.7. The fraction of sp³-hybridized carbons (Fsp3) is 0.407. The van der Waals surface area contributed by atoms with Crippen LogP contribution >= 0.6 is 11.3 Å². The molecule has 2 unspecified atom stereocenters. The van der Waals surface area contributed by atoms with Crippen molar-refractivity contribution < 1.29 is 8.60 Å². The van der Waals surface area contributed by atoms with Gasteiger partial charge in [-0.2, -0.15) is 5.10 Å². The highest BCUT2D eigenvalue weighted by molar-refractivity contribution is 7.85. The SMILES string of the molecule is Cc1ncc(S(=O)N2CCN(CC3CCC3)C(c3cc4cnn(-c5ccc(F)cc5)c4cc3C)C2)s1. The molecule has 0 N–H and O–H groups in total. The van der Waals surface area contributed by atoms with E-state index >= 15 is 0 Å². The van der Waals surface area contributed by atoms with Crippen molar-refractivity contribution in [1.82, 2.24) is 24.0 Å². The Morgan fingerprint density at radius 2 is 1.92 bits per heavy atom. The van der Waals surface area contributed by atoms with Gasteiger partial charge in [-0.3, -0.25) is 4.90 Å². The molecule has 6 rings (SSSR count). The Morgan fingerprint density at radius 3 is 2.61 bits per heavy atom. The number of rotatable bonds is 6. The van der Waals surface area contributed by atoms with Gasteiger partial charge in [0.25, 0.3) is 0 Å². The Bertz CT molecular complexity index is 1410. The highest BCUT2D eigenvalue weighted by Crippen LogP contribution is 2.36. The molecular formula is C27H30FN5OS2. The van der Waals surface area contributed by atoms with Crippen LogP contribution in [0.5, 0.6) is 0 Å². The van der Waals surface area contributed by atoms with Crippen molar-refractivity contribution in [3.05, 3.63) is 70.7 Å². The minimum Gasteiger partial charge on any atom is -0.293 e. The molecule has 2 aliphatic rings. The molecule has 4 aromatic rings. The van der Waals surface area contributed by atoms with Crippen LogP contribution in [0.1, 0.15) is 41.4 Å². The zero-order valence-electron chi connectivity index (χ0n) is 20.6. The predicted octanol–water partition coefficient (Wildman–Crippen LogP) is 5.42. The summed E-state index contributed by atoms with van der Waals surface area (Å²) in [6.45, 7) is 7.61. The van der Waals surface area contributed by atoms with Gasteiger partial charge in [0.2, 0.25) is 0 Å². The summed E-state index contributed by atoms with van der Waals surface area (Å²) in [5, 5.41) is 6.61. The number of hydrogen-bond acceptors (Lipinski definition) is 5. The van der Waals surface area contributed by atoms with Crippen molar-refractivity contribution in [2.24, 2.45) is 5.92 Å². The average molecular weight is 524 g/mol. The first-order valence-electron chi connectivity index (χ1n) is 12.5. The molecular weight excluding hydrogens is 493 g/mol. The third kappa shape index (κ3) is 4.53. The minimum atomic E-state index is -1.20. The number of aromatic nitrogens is 3. The number of aryl methyl sites for hydroxylation is 2. The summed E-state index contributed by atoms with van der Waals surface area (Å²) in [6.07, 6.45) is 7.59. The first-order chi connectivity index (χ1) is 17.5. The summed E-state index contributed by atoms with van der Waals surface area (Å²) in [6, 6.07) is 11.0. The molecule has 3 heterocycles. The minimum absolute atomic E-state index is 0.163. The number of nitrogens with zero attached hydrogens (tertiary/aromatic N) is 5. The largest absolute Gasteiger partial charge is 0.293 e. The molecule has 6 nitrogen and oxygen atoms in total. The molecule has 2 aromatic heterocycles. The fourth-order valence-electron chi connectivity index (χ4n) is 5.36. The van der Waals surface area contributed by atoms with E-state index in [1.54, 1.807) is 18.3 Å². The van der Waals surface area contributed by atoms with Crippen molar-refractivity contribution in [1.29, 1.82) is 0 Å². The van der Waals surface area contributed by atoms with E-state index < -0.39 is 11.0 Å². The molecule has 2 fully saturated rings. The Morgan fingerprint density at radius 1 is 1.11 bits per heavy atom. The van der Waals surface area contributed by atoms with E-state index in [4.69, 9.17) is 0 Å². The summed E-state index contributed by atoms with van der Waals surface area (Å²) in [7, 11) is -1.20. The Hall–Kier alpha value is -2.46. The number of piperazine rings is 1. The lowest BCUT2D eigenvalue weighted by Gasteiger charge is -2.44. The molecule has 0 bridgehead atoms. The number of benzene rings is 2. The second-order valence-electron chi connectivity index (χ2n) is 9.94. The Kier molecular flexibility index (Phi) is 6.49. The lowest BCUT2D eigenvalue weighted by Crippen LogP contribution is -2.50. The molecule has 0 radical (unpaired) electrons. The molecule has 188 valence electrons. The molecule has 36 heavy (non-hydrogen) atoms. The standard InChI is InChI=1S/C27H30FN5OS2/c1-18-12-25-21(14-30-33(25)23-8-6-22(28)7-9-23)13-24(18)26-17-32(36(34)27-15-29-19(2)35-27)11-10-31(26)16-20-4-3-5-20/h6-9,12-15,20,26H,3-5,10-11,16-17H2,1-2H3. The molecule has 1 saturated heterocycles. The van der Waals surface area contributed by atoms with Crippen LogP contribution in [0.15, 0.2) is 53.0 Å². The predicted molar refractivity (Wildman–Crippen MR) is 142 cm³/mol. The number of thiazole rings is 1. The number of hydrogen-bond donors (Lipinski definition) is 0. The number of halogens is 1. The van der Waals surface area contributed by atoms with Gasteiger partial charge in [-0.15, -0.1) is 11.3 Å². The lowest BCUT2D eigenvalue weighted by atomic mass is 9.84. The van der Waals surface area contributed by atoms with Crippen LogP contribution in [0.3, 0.4) is 0 Å². The van der Waals surface area contributed by atoms with Crippen LogP contribution in [-0.2, 0) is 11.0 Å². The normalized spacial score (nSPS) is 20.6. The van der Waals surface area contributed by atoms with Gasteiger partial charge in [0, 0.05) is 37.6 Å². The third-order valence-electron chi connectivity index (χ3n) is 7.56. The molecule has 0 spiro atoms. The van der Waals surface area contributed by atoms with Gasteiger partial charge in [-0.05, 0) is 80.1 Å². The zero-order chi connectivity index (χ0) is 24.8. The first kappa shape index (κ1) is 23.9. The smallest absolute Gasteiger partial charge is 0.139 e. The molecule has 1 saturated carbocycles. The zero-order valence-corrected chi connectivity index (χ0v) is 22.2. The molecule has 2 atom stereocenters. The van der Waals surface area contributed by atoms with Gasteiger partial charge >= 0.3 is 0 Å². The van der Waals surface area contributed by atoms with Crippen LogP contribution in [0.4, 0.5) is 4.39 Å². The van der Waals surface area contributed by atoms with Gasteiger partial charge in [0.15, 0.2) is 0 Å². The van der Waals surface area contributed by atoms with E-state index in [2.05, 4.69) is 38.3 Å². The van der Waals surface area contributed by atoms with Gasteiger partial charge in [-0.25, -0.2) is 22.6 Å². The maximum absolute atomic E-state index is 13.5. The summed E-state index contributed by atoms with van der Waals surface area (Å²) >= 11 is 1.52. The monoisotopic (exact) mass is 523 g/mol. The molecule has 1 aliphatic carbocycles. The van der Waals surface area contributed by atoms with E-state index in [-0.39, 0.29) is 11.9 Å². The van der Waals surface area contributed by atoms with Crippen molar-refractivity contribution >= 4 is 33.2 Å². The quantitative estimate of drug-likeness (QED) is 0.339. The summed E-state index contributed by atoms with van der Waals surface area (Å²) in [5.41, 5.74) is 4.30. The maximum Gasteiger partial charge on any atom is 0.139 e. The molecule has 1 aliphatic heterocycles. The van der Waals surface area contributed by atoms with Crippen LogP contribution < -0.4 is 0 Å². The Labute approximate surface area is 217 Å².